The summed E-state index contributed by atoms with van der Waals surface area (Å²) in [6, 6.07) is 8.91. The van der Waals surface area contributed by atoms with E-state index in [1.54, 1.807) is 23.0 Å². The minimum absolute atomic E-state index is 0.376. The van der Waals surface area contributed by atoms with Gasteiger partial charge in [0, 0.05) is 6.20 Å². The average Bonchev–Trinajstić information content (AvgIpc) is 3.26. The number of hydrogen-bond acceptors (Lipinski definition) is 5. The molecular weight excluding hydrogens is 406 g/mol. The summed E-state index contributed by atoms with van der Waals surface area (Å²) in [4.78, 5) is 29.1. The van der Waals surface area contributed by atoms with Gasteiger partial charge in [-0.05, 0) is 46.6 Å². The molecule has 2 N–H and O–H groups in total. The van der Waals surface area contributed by atoms with Crippen molar-refractivity contribution in [2.24, 2.45) is 0 Å². The van der Waals surface area contributed by atoms with Crippen molar-refractivity contribution in [3.05, 3.63) is 62.6 Å². The van der Waals surface area contributed by atoms with Crippen LogP contribution in [-0.4, -0.2) is 26.6 Å². The summed E-state index contributed by atoms with van der Waals surface area (Å²) in [5.41, 5.74) is 5.94. The summed E-state index contributed by atoms with van der Waals surface area (Å²) in [5.74, 6) is -0.173. The van der Waals surface area contributed by atoms with Crippen LogP contribution in [0.15, 0.2) is 46.5 Å². The van der Waals surface area contributed by atoms with Crippen LogP contribution in [0.4, 0.5) is 0 Å². The Bertz CT molecular complexity index is 906. The number of rotatable bonds is 4. The first-order valence-corrected chi connectivity index (χ1v) is 9.05. The Hall–Kier alpha value is -2.52. The van der Waals surface area contributed by atoms with Crippen molar-refractivity contribution >= 4 is 39.1 Å². The highest BCUT2D eigenvalue weighted by molar-refractivity contribution is 9.11. The monoisotopic (exact) mass is 419 g/mol. The second-order valence-corrected chi connectivity index (χ2v) is 7.43. The second-order valence-electron chi connectivity index (χ2n) is 4.97. The number of hydrogen-bond donors (Lipinski definition) is 2. The summed E-state index contributed by atoms with van der Waals surface area (Å²) in [7, 11) is 0. The maximum Gasteiger partial charge on any atom is 0.279 e. The molecule has 0 spiro atoms. The molecule has 0 unspecified atom stereocenters. The van der Waals surface area contributed by atoms with E-state index in [2.05, 4.69) is 36.9 Å². The van der Waals surface area contributed by atoms with Crippen molar-refractivity contribution in [1.82, 2.24) is 25.6 Å². The molecule has 0 aliphatic carbocycles. The minimum atomic E-state index is -0.428. The van der Waals surface area contributed by atoms with Crippen LogP contribution < -0.4 is 10.9 Å². The molecule has 0 aliphatic heterocycles. The van der Waals surface area contributed by atoms with Crippen LogP contribution in [-0.2, 0) is 6.42 Å². The zero-order valence-electron chi connectivity index (χ0n) is 13.2. The van der Waals surface area contributed by atoms with Gasteiger partial charge in [-0.1, -0.05) is 13.0 Å². The molecule has 9 heteroatoms. The summed E-state index contributed by atoms with van der Waals surface area (Å²) >= 11 is 4.58. The van der Waals surface area contributed by atoms with Gasteiger partial charge >= 0.3 is 0 Å². The first-order valence-electron chi connectivity index (χ1n) is 7.44. The molecule has 0 bridgehead atoms. The van der Waals surface area contributed by atoms with Crippen LogP contribution in [0.1, 0.15) is 32.6 Å². The van der Waals surface area contributed by atoms with Crippen molar-refractivity contribution in [3.63, 3.8) is 0 Å². The number of nitrogens with zero attached hydrogens (tertiary/aromatic N) is 3. The van der Waals surface area contributed by atoms with Gasteiger partial charge in [0.2, 0.25) is 0 Å². The van der Waals surface area contributed by atoms with Crippen molar-refractivity contribution in [3.8, 4) is 5.82 Å². The minimum Gasteiger partial charge on any atom is -0.267 e. The lowest BCUT2D eigenvalue weighted by molar-refractivity contribution is 0.0848. The predicted octanol–water partition coefficient (Wildman–Crippen LogP) is 2.73. The molecule has 0 saturated carbocycles. The highest BCUT2D eigenvalue weighted by Gasteiger charge is 2.18. The van der Waals surface area contributed by atoms with Crippen LogP contribution in [0.2, 0.25) is 0 Å². The van der Waals surface area contributed by atoms with Gasteiger partial charge in [-0.15, -0.1) is 11.3 Å². The number of halogens is 1. The van der Waals surface area contributed by atoms with E-state index in [1.165, 1.54) is 17.5 Å². The summed E-state index contributed by atoms with van der Waals surface area (Å²) in [5, 5.41) is 4.24. The van der Waals surface area contributed by atoms with E-state index in [4.69, 9.17) is 0 Å². The third-order valence-corrected chi connectivity index (χ3v) is 5.02. The van der Waals surface area contributed by atoms with Crippen molar-refractivity contribution in [2.75, 3.05) is 0 Å². The standard InChI is InChI=1S/C16H14BrN5O2S/c1-2-11-10(9-19-22(11)14-5-3-4-8-18-14)15(23)20-21-16(24)12-6-7-13(17)25-12/h3-9H,2H2,1H3,(H,20,23)(H,21,24). The lowest BCUT2D eigenvalue weighted by atomic mass is 10.2. The molecule has 2 amide bonds. The fraction of sp³-hybridized carbons (Fsp3) is 0.125. The molecule has 3 heterocycles. The van der Waals surface area contributed by atoms with E-state index >= 15 is 0 Å². The summed E-state index contributed by atoms with van der Waals surface area (Å²) in [6.45, 7) is 1.93. The van der Waals surface area contributed by atoms with Gasteiger partial charge < -0.3 is 0 Å². The first kappa shape index (κ1) is 17.3. The Morgan fingerprint density at radius 1 is 1.20 bits per heavy atom. The number of carbonyl (C=O) groups is 2. The fourth-order valence-electron chi connectivity index (χ4n) is 2.26. The molecule has 25 heavy (non-hydrogen) atoms. The molecule has 3 rings (SSSR count). The molecule has 128 valence electrons. The normalized spacial score (nSPS) is 10.5. The maximum absolute atomic E-state index is 12.4. The Morgan fingerprint density at radius 3 is 2.64 bits per heavy atom. The zero-order valence-corrected chi connectivity index (χ0v) is 15.6. The lowest BCUT2D eigenvalue weighted by Crippen LogP contribution is -2.41. The van der Waals surface area contributed by atoms with Crippen LogP contribution in [0, 0.1) is 0 Å². The van der Waals surface area contributed by atoms with Crippen LogP contribution in [0.5, 0.6) is 0 Å². The number of amides is 2. The summed E-state index contributed by atoms with van der Waals surface area (Å²) < 4.78 is 2.46. The molecule has 0 aliphatic rings. The molecule has 3 aromatic heterocycles. The van der Waals surface area contributed by atoms with Gasteiger partial charge in [0.05, 0.1) is 26.1 Å². The third-order valence-electron chi connectivity index (χ3n) is 3.40. The second kappa shape index (κ2) is 7.58. The van der Waals surface area contributed by atoms with Gasteiger partial charge in [-0.2, -0.15) is 5.10 Å². The topological polar surface area (TPSA) is 88.9 Å². The van der Waals surface area contributed by atoms with Crippen LogP contribution in [0.3, 0.4) is 0 Å². The fourth-order valence-corrected chi connectivity index (χ4v) is 3.54. The Kier molecular flexibility index (Phi) is 5.25. The molecule has 7 nitrogen and oxygen atoms in total. The molecule has 0 atom stereocenters. The number of aromatic nitrogens is 3. The van der Waals surface area contributed by atoms with Crippen molar-refractivity contribution in [2.45, 2.75) is 13.3 Å². The van der Waals surface area contributed by atoms with E-state index in [0.717, 1.165) is 3.79 Å². The molecule has 0 saturated heterocycles. The van der Waals surface area contributed by atoms with Gasteiger partial charge in [0.15, 0.2) is 5.82 Å². The predicted molar refractivity (Wildman–Crippen MR) is 97.7 cm³/mol. The van der Waals surface area contributed by atoms with E-state index in [1.807, 2.05) is 25.1 Å². The molecule has 0 aromatic carbocycles. The van der Waals surface area contributed by atoms with Crippen molar-refractivity contribution in [1.29, 1.82) is 0 Å². The van der Waals surface area contributed by atoms with E-state index in [9.17, 15) is 9.59 Å². The molecule has 3 aromatic rings. The Labute approximate surface area is 156 Å². The first-order chi connectivity index (χ1) is 12.1. The highest BCUT2D eigenvalue weighted by atomic mass is 79.9. The quantitative estimate of drug-likeness (QED) is 0.636. The number of pyridine rings is 1. The largest absolute Gasteiger partial charge is 0.279 e. The number of nitrogens with one attached hydrogen (secondary N) is 2. The number of carbonyl (C=O) groups excluding carboxylic acids is 2. The number of thiophene rings is 1. The number of hydrazine groups is 1. The maximum atomic E-state index is 12.4. The lowest BCUT2D eigenvalue weighted by Gasteiger charge is -2.08. The Balaban J connectivity index is 1.74. The third kappa shape index (κ3) is 3.77. The average molecular weight is 420 g/mol. The van der Waals surface area contributed by atoms with Crippen LogP contribution >= 0.6 is 27.3 Å². The smallest absolute Gasteiger partial charge is 0.267 e. The Morgan fingerprint density at radius 2 is 2.00 bits per heavy atom. The van der Waals surface area contributed by atoms with E-state index in [-0.39, 0.29) is 5.91 Å². The van der Waals surface area contributed by atoms with E-state index in [0.29, 0.717) is 28.4 Å². The van der Waals surface area contributed by atoms with Gasteiger partial charge in [0.25, 0.3) is 11.8 Å². The van der Waals surface area contributed by atoms with E-state index < -0.39 is 5.91 Å². The van der Waals surface area contributed by atoms with Gasteiger partial charge in [-0.3, -0.25) is 20.4 Å². The molecular formula is C16H14BrN5O2S. The highest BCUT2D eigenvalue weighted by Crippen LogP contribution is 2.21. The molecule has 0 radical (unpaired) electrons. The van der Waals surface area contributed by atoms with Crippen molar-refractivity contribution < 1.29 is 9.59 Å². The van der Waals surface area contributed by atoms with Gasteiger partial charge in [0.1, 0.15) is 0 Å². The zero-order chi connectivity index (χ0) is 17.8. The SMILES string of the molecule is CCc1c(C(=O)NNC(=O)c2ccc(Br)s2)cnn1-c1ccccn1. The van der Waals surface area contributed by atoms with Gasteiger partial charge in [-0.25, -0.2) is 9.67 Å². The van der Waals surface area contributed by atoms with Crippen LogP contribution in [0.25, 0.3) is 5.82 Å². The molecule has 0 fully saturated rings. The summed E-state index contributed by atoms with van der Waals surface area (Å²) in [6.07, 6.45) is 3.72.